The number of nitrogens with one attached hydrogen (secondary N) is 1. The van der Waals surface area contributed by atoms with Crippen LogP contribution in [0.15, 0.2) is 36.5 Å². The first-order valence-electron chi connectivity index (χ1n) is 5.84. The Morgan fingerprint density at radius 1 is 1.37 bits per heavy atom. The van der Waals surface area contributed by atoms with E-state index in [-0.39, 0.29) is 5.56 Å². The van der Waals surface area contributed by atoms with Crippen molar-refractivity contribution in [3.05, 3.63) is 58.9 Å². The lowest BCUT2D eigenvalue weighted by Gasteiger charge is -2.07. The van der Waals surface area contributed by atoms with Crippen molar-refractivity contribution in [1.82, 2.24) is 4.98 Å². The first-order chi connectivity index (χ1) is 9.08. The molecular formula is C14H15N3O2. The highest BCUT2D eigenvalue weighted by Gasteiger charge is 2.07. The lowest BCUT2D eigenvalue weighted by atomic mass is 10.0. The molecule has 1 heterocycles. The number of aromatic nitrogens is 1. The van der Waals surface area contributed by atoms with Crippen LogP contribution in [0, 0.1) is 6.92 Å². The molecule has 4 N–H and O–H groups in total. The van der Waals surface area contributed by atoms with Gasteiger partial charge in [-0.15, -0.1) is 0 Å². The molecule has 1 aromatic carbocycles. The maximum atomic E-state index is 11.0. The van der Waals surface area contributed by atoms with Crippen molar-refractivity contribution >= 4 is 11.7 Å². The minimum atomic E-state index is -0.977. The molecule has 19 heavy (non-hydrogen) atoms. The van der Waals surface area contributed by atoms with E-state index in [1.807, 2.05) is 25.1 Å². The van der Waals surface area contributed by atoms with E-state index in [4.69, 9.17) is 10.9 Å². The Bertz CT molecular complexity index is 594. The van der Waals surface area contributed by atoms with Gasteiger partial charge in [0.25, 0.3) is 0 Å². The summed E-state index contributed by atoms with van der Waals surface area (Å²) < 4.78 is 0. The van der Waals surface area contributed by atoms with E-state index in [1.165, 1.54) is 6.07 Å². The number of hydrogen-bond donors (Lipinski definition) is 3. The number of anilines is 1. The van der Waals surface area contributed by atoms with Crippen molar-refractivity contribution in [1.29, 1.82) is 0 Å². The zero-order valence-electron chi connectivity index (χ0n) is 10.6. The van der Waals surface area contributed by atoms with Crippen LogP contribution in [0.4, 0.5) is 5.69 Å². The van der Waals surface area contributed by atoms with Crippen molar-refractivity contribution in [2.45, 2.75) is 13.3 Å². The number of nitrogens with two attached hydrogens (primary N) is 1. The van der Waals surface area contributed by atoms with Crippen LogP contribution in [0.25, 0.3) is 0 Å². The summed E-state index contributed by atoms with van der Waals surface area (Å²) in [6.07, 6.45) is 2.36. The molecule has 2 rings (SSSR count). The van der Waals surface area contributed by atoms with Gasteiger partial charge in [0.1, 0.15) is 0 Å². The van der Waals surface area contributed by atoms with Crippen molar-refractivity contribution in [2.75, 3.05) is 5.43 Å². The maximum absolute atomic E-state index is 11.0. The van der Waals surface area contributed by atoms with E-state index in [0.717, 1.165) is 16.8 Å². The Hall–Kier alpha value is -2.40. The second kappa shape index (κ2) is 5.49. The Morgan fingerprint density at radius 3 is 2.74 bits per heavy atom. The second-order valence-electron chi connectivity index (χ2n) is 4.37. The van der Waals surface area contributed by atoms with Crippen LogP contribution in [-0.2, 0) is 6.42 Å². The van der Waals surface area contributed by atoms with Gasteiger partial charge in [-0.1, -0.05) is 6.07 Å². The topological polar surface area (TPSA) is 88.2 Å². The summed E-state index contributed by atoms with van der Waals surface area (Å²) in [4.78, 5) is 15.3. The second-order valence-corrected chi connectivity index (χ2v) is 4.37. The summed E-state index contributed by atoms with van der Waals surface area (Å²) in [5.74, 6) is 4.37. The molecule has 0 fully saturated rings. The van der Waals surface area contributed by atoms with Gasteiger partial charge in [0.05, 0.1) is 5.56 Å². The Kier molecular flexibility index (Phi) is 3.77. The molecule has 0 radical (unpaired) electrons. The molecule has 0 aliphatic rings. The highest BCUT2D eigenvalue weighted by Crippen LogP contribution is 2.17. The molecule has 0 aliphatic carbocycles. The first kappa shape index (κ1) is 13.0. The Labute approximate surface area is 111 Å². The lowest BCUT2D eigenvalue weighted by molar-refractivity contribution is 0.0697. The third-order valence-electron chi connectivity index (χ3n) is 2.76. The van der Waals surface area contributed by atoms with Crippen molar-refractivity contribution < 1.29 is 9.90 Å². The average molecular weight is 257 g/mol. The number of carboxylic acids is 1. The van der Waals surface area contributed by atoms with Gasteiger partial charge in [-0.3, -0.25) is 10.8 Å². The largest absolute Gasteiger partial charge is 0.478 e. The van der Waals surface area contributed by atoms with E-state index in [9.17, 15) is 4.79 Å². The standard InChI is InChI=1S/C14H15N3O2/c1-9-2-3-12(16-8-9)5-10-4-11(14(18)19)7-13(6-10)17-15/h2-4,6-8,17H,5,15H2,1H3,(H,18,19). The summed E-state index contributed by atoms with van der Waals surface area (Å²) in [7, 11) is 0. The molecule has 1 aromatic heterocycles. The fourth-order valence-corrected chi connectivity index (χ4v) is 1.81. The summed E-state index contributed by atoms with van der Waals surface area (Å²) >= 11 is 0. The lowest BCUT2D eigenvalue weighted by Crippen LogP contribution is -2.09. The van der Waals surface area contributed by atoms with E-state index >= 15 is 0 Å². The molecule has 5 nitrogen and oxygen atoms in total. The molecule has 0 unspecified atom stereocenters. The van der Waals surface area contributed by atoms with Crippen LogP contribution in [0.2, 0.25) is 0 Å². The molecule has 0 amide bonds. The maximum Gasteiger partial charge on any atom is 0.335 e. The smallest absolute Gasteiger partial charge is 0.335 e. The van der Waals surface area contributed by atoms with E-state index in [2.05, 4.69) is 10.4 Å². The van der Waals surface area contributed by atoms with Gasteiger partial charge in [0, 0.05) is 24.0 Å². The summed E-state index contributed by atoms with van der Waals surface area (Å²) in [6, 6.07) is 8.84. The quantitative estimate of drug-likeness (QED) is 0.575. The van der Waals surface area contributed by atoms with Gasteiger partial charge in [-0.25, -0.2) is 4.79 Å². The molecule has 2 aromatic rings. The summed E-state index contributed by atoms with van der Waals surface area (Å²) in [5.41, 5.74) is 6.08. The van der Waals surface area contributed by atoms with Gasteiger partial charge in [0.2, 0.25) is 0 Å². The van der Waals surface area contributed by atoms with E-state index in [0.29, 0.717) is 12.1 Å². The van der Waals surface area contributed by atoms with Gasteiger partial charge in [-0.2, -0.15) is 0 Å². The van der Waals surface area contributed by atoms with Crippen LogP contribution >= 0.6 is 0 Å². The number of aromatic carboxylic acids is 1. The minimum Gasteiger partial charge on any atom is -0.478 e. The van der Waals surface area contributed by atoms with Gasteiger partial charge >= 0.3 is 5.97 Å². The first-order valence-corrected chi connectivity index (χ1v) is 5.84. The van der Waals surface area contributed by atoms with Gasteiger partial charge in [0.15, 0.2) is 0 Å². The van der Waals surface area contributed by atoms with Crippen LogP contribution in [0.1, 0.15) is 27.2 Å². The fourth-order valence-electron chi connectivity index (χ4n) is 1.81. The number of nitrogens with zero attached hydrogens (tertiary/aromatic N) is 1. The SMILES string of the molecule is Cc1ccc(Cc2cc(NN)cc(C(=O)O)c2)nc1. The summed E-state index contributed by atoms with van der Waals surface area (Å²) in [5, 5.41) is 9.05. The number of pyridine rings is 1. The predicted octanol–water partition coefficient (Wildman–Crippen LogP) is 1.96. The number of benzene rings is 1. The molecule has 0 atom stereocenters. The van der Waals surface area contributed by atoms with Crippen molar-refractivity contribution in [3.63, 3.8) is 0 Å². The van der Waals surface area contributed by atoms with Crippen LogP contribution in [0.3, 0.4) is 0 Å². The van der Waals surface area contributed by atoms with Gasteiger partial charge < -0.3 is 10.5 Å². The Balaban J connectivity index is 2.31. The third kappa shape index (κ3) is 3.29. The normalized spacial score (nSPS) is 10.2. The van der Waals surface area contributed by atoms with E-state index < -0.39 is 5.97 Å². The molecular weight excluding hydrogens is 242 g/mol. The van der Waals surface area contributed by atoms with Crippen molar-refractivity contribution in [2.24, 2.45) is 5.84 Å². The summed E-state index contributed by atoms with van der Waals surface area (Å²) in [6.45, 7) is 1.97. The molecule has 0 bridgehead atoms. The molecule has 0 saturated carbocycles. The number of hydrazine groups is 1. The average Bonchev–Trinajstić information content (AvgIpc) is 2.41. The minimum absolute atomic E-state index is 0.206. The van der Waals surface area contributed by atoms with Crippen molar-refractivity contribution in [3.8, 4) is 0 Å². The zero-order valence-corrected chi connectivity index (χ0v) is 10.6. The number of aryl methyl sites for hydroxylation is 1. The predicted molar refractivity (Wildman–Crippen MR) is 73.0 cm³/mol. The van der Waals surface area contributed by atoms with Crippen LogP contribution in [-0.4, -0.2) is 16.1 Å². The highest BCUT2D eigenvalue weighted by atomic mass is 16.4. The van der Waals surface area contributed by atoms with Gasteiger partial charge in [-0.05, 0) is 42.3 Å². The van der Waals surface area contributed by atoms with Crippen LogP contribution in [0.5, 0.6) is 0 Å². The molecule has 0 saturated heterocycles. The number of hydrogen-bond acceptors (Lipinski definition) is 4. The molecule has 0 aliphatic heterocycles. The number of nitrogen functional groups attached to an aromatic ring is 1. The molecule has 5 heteroatoms. The zero-order chi connectivity index (χ0) is 13.8. The Morgan fingerprint density at radius 2 is 2.16 bits per heavy atom. The monoisotopic (exact) mass is 257 g/mol. The van der Waals surface area contributed by atoms with E-state index in [1.54, 1.807) is 12.3 Å². The molecule has 98 valence electrons. The number of carboxylic acid groups (broad SMARTS) is 1. The fraction of sp³-hybridized carbons (Fsp3) is 0.143. The third-order valence-corrected chi connectivity index (χ3v) is 2.76. The molecule has 0 spiro atoms. The highest BCUT2D eigenvalue weighted by molar-refractivity contribution is 5.89. The number of rotatable bonds is 4. The van der Waals surface area contributed by atoms with Crippen LogP contribution < -0.4 is 11.3 Å². The number of carbonyl (C=O) groups is 1.